The van der Waals surface area contributed by atoms with Crippen molar-refractivity contribution in [3.63, 3.8) is 0 Å². The number of nitro groups is 1. The molecule has 0 bridgehead atoms. The first-order valence-electron chi connectivity index (χ1n) is 4.65. The van der Waals surface area contributed by atoms with Gasteiger partial charge in [0.1, 0.15) is 6.20 Å². The maximum absolute atomic E-state index is 10.4. The van der Waals surface area contributed by atoms with Crippen molar-refractivity contribution in [1.82, 2.24) is 4.98 Å². The largest absolute Gasteiger partial charge is 0.376 e. The summed E-state index contributed by atoms with van der Waals surface area (Å²) >= 11 is 0. The number of ether oxygens (including phenoxy) is 1. The van der Waals surface area contributed by atoms with Crippen LogP contribution < -0.4 is 0 Å². The molecule has 0 N–H and O–H groups in total. The second-order valence-electron chi connectivity index (χ2n) is 3.23. The van der Waals surface area contributed by atoms with Crippen LogP contribution in [0, 0.1) is 10.1 Å². The van der Waals surface area contributed by atoms with E-state index in [1.54, 1.807) is 6.07 Å². The Labute approximate surface area is 86.5 Å². The third-order valence-electron chi connectivity index (χ3n) is 2.22. The van der Waals surface area contributed by atoms with Crippen LogP contribution in [-0.2, 0) is 4.74 Å². The highest BCUT2D eigenvalue weighted by molar-refractivity contribution is 5.66. The molecule has 15 heavy (non-hydrogen) atoms. The number of nitrogens with zero attached hydrogens (tertiary/aromatic N) is 2. The van der Waals surface area contributed by atoms with Crippen molar-refractivity contribution in [3.05, 3.63) is 40.1 Å². The Kier molecular flexibility index (Phi) is 2.73. The lowest BCUT2D eigenvalue weighted by Gasteiger charge is -2.12. The quantitative estimate of drug-likeness (QED) is 0.546. The minimum absolute atomic E-state index is 0.129. The number of pyridine rings is 1. The first kappa shape index (κ1) is 9.79. The topological polar surface area (TPSA) is 65.3 Å². The van der Waals surface area contributed by atoms with E-state index in [0.717, 1.165) is 24.2 Å². The van der Waals surface area contributed by atoms with Crippen molar-refractivity contribution in [3.8, 4) is 0 Å². The van der Waals surface area contributed by atoms with Crippen LogP contribution in [0.3, 0.4) is 0 Å². The Morgan fingerprint density at radius 2 is 2.33 bits per heavy atom. The van der Waals surface area contributed by atoms with Gasteiger partial charge in [0, 0.05) is 11.6 Å². The summed E-state index contributed by atoms with van der Waals surface area (Å²) in [6.45, 7) is 1.30. The molecule has 2 rings (SSSR count). The van der Waals surface area contributed by atoms with Crippen LogP contribution in [0.5, 0.6) is 0 Å². The summed E-state index contributed by atoms with van der Waals surface area (Å²) in [6, 6.07) is 3.11. The summed E-state index contributed by atoms with van der Waals surface area (Å²) < 4.78 is 5.28. The minimum atomic E-state index is -0.504. The van der Waals surface area contributed by atoms with Gasteiger partial charge in [-0.3, -0.25) is 0 Å². The molecule has 0 saturated heterocycles. The summed E-state index contributed by atoms with van der Waals surface area (Å²) in [6.07, 6.45) is 4.47. The molecule has 78 valence electrons. The lowest BCUT2D eigenvalue weighted by Crippen LogP contribution is -2.05. The number of rotatable bonds is 2. The van der Waals surface area contributed by atoms with Crippen molar-refractivity contribution >= 4 is 11.4 Å². The highest BCUT2D eigenvalue weighted by Gasteiger charge is 2.11. The summed E-state index contributed by atoms with van der Waals surface area (Å²) in [4.78, 5) is 13.6. The van der Waals surface area contributed by atoms with Crippen LogP contribution in [-0.4, -0.2) is 23.1 Å². The van der Waals surface area contributed by atoms with Gasteiger partial charge in [0.25, 0.3) is 0 Å². The molecule has 1 aromatic rings. The van der Waals surface area contributed by atoms with E-state index >= 15 is 0 Å². The van der Waals surface area contributed by atoms with Gasteiger partial charge in [0.2, 0.25) is 0 Å². The summed E-state index contributed by atoms with van der Waals surface area (Å²) in [5.74, 6) is -0.129. The van der Waals surface area contributed by atoms with E-state index in [1.807, 2.05) is 0 Å². The predicted octanol–water partition coefficient (Wildman–Crippen LogP) is 1.79. The summed E-state index contributed by atoms with van der Waals surface area (Å²) in [7, 11) is 0. The van der Waals surface area contributed by atoms with Gasteiger partial charge in [0.05, 0.1) is 13.2 Å². The van der Waals surface area contributed by atoms with E-state index < -0.39 is 4.92 Å². The smallest absolute Gasteiger partial charge is 0.363 e. The summed E-state index contributed by atoms with van der Waals surface area (Å²) in [5.41, 5.74) is 1.93. The van der Waals surface area contributed by atoms with Gasteiger partial charge in [-0.2, -0.15) is 0 Å². The molecule has 1 aliphatic rings. The zero-order valence-corrected chi connectivity index (χ0v) is 8.05. The summed E-state index contributed by atoms with van der Waals surface area (Å²) in [5, 5.41) is 10.4. The molecule has 0 aliphatic carbocycles. The molecule has 0 spiro atoms. The molecule has 0 aromatic carbocycles. The van der Waals surface area contributed by atoms with Crippen molar-refractivity contribution < 1.29 is 9.66 Å². The molecule has 5 heteroatoms. The molecule has 0 fully saturated rings. The van der Waals surface area contributed by atoms with Gasteiger partial charge in [-0.15, -0.1) is 0 Å². The second-order valence-corrected chi connectivity index (χ2v) is 3.23. The molecular weight excluding hydrogens is 196 g/mol. The number of hydrogen-bond acceptors (Lipinski definition) is 4. The first-order chi connectivity index (χ1) is 7.27. The monoisotopic (exact) mass is 206 g/mol. The van der Waals surface area contributed by atoms with E-state index in [4.69, 9.17) is 4.74 Å². The van der Waals surface area contributed by atoms with Crippen LogP contribution in [0.1, 0.15) is 12.0 Å². The molecule has 0 radical (unpaired) electrons. The lowest BCUT2D eigenvalue weighted by molar-refractivity contribution is -0.389. The molecule has 1 aliphatic heterocycles. The van der Waals surface area contributed by atoms with Crippen LogP contribution in [0.25, 0.3) is 5.57 Å². The molecule has 5 nitrogen and oxygen atoms in total. The maximum Gasteiger partial charge on any atom is 0.363 e. The Bertz CT molecular complexity index is 398. The Morgan fingerprint density at radius 1 is 1.47 bits per heavy atom. The van der Waals surface area contributed by atoms with Gasteiger partial charge in [-0.05, 0) is 28.0 Å². The molecular formula is C10H10N2O3. The lowest BCUT2D eigenvalue weighted by atomic mass is 10.1. The molecule has 2 heterocycles. The minimum Gasteiger partial charge on any atom is -0.376 e. The van der Waals surface area contributed by atoms with Crippen LogP contribution in [0.4, 0.5) is 5.82 Å². The molecule has 0 atom stereocenters. The van der Waals surface area contributed by atoms with Crippen molar-refractivity contribution in [2.45, 2.75) is 6.42 Å². The van der Waals surface area contributed by atoms with Gasteiger partial charge >= 0.3 is 5.82 Å². The molecule has 0 unspecified atom stereocenters. The molecule has 0 saturated carbocycles. The van der Waals surface area contributed by atoms with Crippen molar-refractivity contribution in [1.29, 1.82) is 0 Å². The Morgan fingerprint density at radius 3 is 2.87 bits per heavy atom. The Hall–Kier alpha value is -1.75. The highest BCUT2D eigenvalue weighted by atomic mass is 16.6. The first-order valence-corrected chi connectivity index (χ1v) is 4.65. The van der Waals surface area contributed by atoms with E-state index in [2.05, 4.69) is 11.1 Å². The van der Waals surface area contributed by atoms with Gasteiger partial charge in [0.15, 0.2) is 0 Å². The highest BCUT2D eigenvalue weighted by Crippen LogP contribution is 2.19. The Balaban J connectivity index is 2.23. The fourth-order valence-electron chi connectivity index (χ4n) is 1.44. The zero-order chi connectivity index (χ0) is 10.7. The predicted molar refractivity (Wildman–Crippen MR) is 54.3 cm³/mol. The fourth-order valence-corrected chi connectivity index (χ4v) is 1.44. The molecule has 0 amide bonds. The molecule has 1 aromatic heterocycles. The second kappa shape index (κ2) is 4.18. The van der Waals surface area contributed by atoms with E-state index in [1.165, 1.54) is 12.3 Å². The van der Waals surface area contributed by atoms with Gasteiger partial charge in [-0.1, -0.05) is 6.08 Å². The normalized spacial score (nSPS) is 15.9. The number of hydrogen-bond donors (Lipinski definition) is 0. The maximum atomic E-state index is 10.4. The van der Waals surface area contributed by atoms with Crippen LogP contribution in [0.15, 0.2) is 24.4 Å². The fraction of sp³-hybridized carbons (Fsp3) is 0.300. The van der Waals surface area contributed by atoms with Crippen molar-refractivity contribution in [2.75, 3.05) is 13.2 Å². The average molecular weight is 206 g/mol. The third kappa shape index (κ3) is 2.19. The van der Waals surface area contributed by atoms with Gasteiger partial charge < -0.3 is 14.9 Å². The SMILES string of the molecule is O=[N+]([O-])c1ccc(C2=CCCOC2)cn1. The van der Waals surface area contributed by atoms with E-state index in [-0.39, 0.29) is 5.82 Å². The van der Waals surface area contributed by atoms with Crippen LogP contribution in [0.2, 0.25) is 0 Å². The number of aromatic nitrogens is 1. The third-order valence-corrected chi connectivity index (χ3v) is 2.22. The van der Waals surface area contributed by atoms with Crippen LogP contribution >= 0.6 is 0 Å². The van der Waals surface area contributed by atoms with E-state index in [0.29, 0.717) is 6.61 Å². The average Bonchev–Trinajstić information content (AvgIpc) is 2.30. The zero-order valence-electron chi connectivity index (χ0n) is 8.05. The standard InChI is InChI=1S/C10H10N2O3/c13-12(14)10-4-3-8(6-11-10)9-2-1-5-15-7-9/h2-4,6H,1,5,7H2. The van der Waals surface area contributed by atoms with Gasteiger partial charge in [-0.25, -0.2) is 0 Å². The van der Waals surface area contributed by atoms with E-state index in [9.17, 15) is 10.1 Å². The van der Waals surface area contributed by atoms with Crippen molar-refractivity contribution in [2.24, 2.45) is 0 Å².